The van der Waals surface area contributed by atoms with Crippen molar-refractivity contribution in [1.29, 1.82) is 0 Å². The fourth-order valence-corrected chi connectivity index (χ4v) is 4.57. The van der Waals surface area contributed by atoms with E-state index in [2.05, 4.69) is 25.5 Å². The lowest BCUT2D eigenvalue weighted by Gasteiger charge is -2.13. The Morgan fingerprint density at radius 1 is 1.13 bits per heavy atom. The topological polar surface area (TPSA) is 107 Å². The van der Waals surface area contributed by atoms with E-state index in [1.165, 1.54) is 19.5 Å². The average molecular weight is 458 g/mol. The number of rotatable bonds is 6. The molecule has 31 heavy (non-hydrogen) atoms. The number of methoxy groups -OCH3 is 1. The number of carbonyl (C=O) groups is 2. The number of aryl methyl sites for hydroxylation is 1. The zero-order chi connectivity index (χ0) is 22.0. The van der Waals surface area contributed by atoms with Crippen LogP contribution in [0.15, 0.2) is 24.5 Å². The minimum atomic E-state index is -0.423. The molecule has 1 amide bonds. The van der Waals surface area contributed by atoms with Crippen LogP contribution in [-0.2, 0) is 0 Å². The van der Waals surface area contributed by atoms with Crippen LogP contribution >= 0.6 is 22.9 Å². The van der Waals surface area contributed by atoms with Crippen LogP contribution in [-0.4, -0.2) is 39.0 Å². The third-order valence-corrected chi connectivity index (χ3v) is 6.27. The van der Waals surface area contributed by atoms with Crippen molar-refractivity contribution in [3.05, 3.63) is 45.9 Å². The lowest BCUT2D eigenvalue weighted by Crippen LogP contribution is -2.14. The molecule has 0 unspecified atom stereocenters. The van der Waals surface area contributed by atoms with Gasteiger partial charge in [0.2, 0.25) is 5.13 Å². The summed E-state index contributed by atoms with van der Waals surface area (Å²) in [6, 6.07) is 3.41. The van der Waals surface area contributed by atoms with Crippen LogP contribution in [0.25, 0.3) is 11.1 Å². The van der Waals surface area contributed by atoms with Crippen molar-refractivity contribution in [2.75, 3.05) is 12.4 Å². The monoisotopic (exact) mass is 457 g/mol. The molecule has 1 fully saturated rings. The molecule has 0 bridgehead atoms. The van der Waals surface area contributed by atoms with Crippen LogP contribution in [0.2, 0.25) is 5.15 Å². The third kappa shape index (κ3) is 4.57. The first kappa shape index (κ1) is 21.3. The molecule has 1 saturated carbocycles. The van der Waals surface area contributed by atoms with Gasteiger partial charge < -0.3 is 4.74 Å². The first-order chi connectivity index (χ1) is 15.0. The van der Waals surface area contributed by atoms with Crippen LogP contribution in [0.4, 0.5) is 5.13 Å². The number of halogens is 1. The molecule has 0 saturated heterocycles. The van der Waals surface area contributed by atoms with Gasteiger partial charge in [0.1, 0.15) is 10.9 Å². The summed E-state index contributed by atoms with van der Waals surface area (Å²) in [6.45, 7) is 1.83. The highest BCUT2D eigenvalue weighted by Gasteiger charge is 2.27. The molecule has 0 spiro atoms. The highest BCUT2D eigenvalue weighted by molar-refractivity contribution is 7.17. The summed E-state index contributed by atoms with van der Waals surface area (Å²) in [5.74, 6) is 0.0653. The van der Waals surface area contributed by atoms with E-state index in [9.17, 15) is 9.59 Å². The quantitative estimate of drug-likeness (QED) is 0.426. The summed E-state index contributed by atoms with van der Waals surface area (Å²) >= 11 is 7.17. The summed E-state index contributed by atoms with van der Waals surface area (Å²) < 4.78 is 5.39. The summed E-state index contributed by atoms with van der Waals surface area (Å²) in [7, 11) is 1.52. The summed E-state index contributed by atoms with van der Waals surface area (Å²) in [5, 5.41) is 11.6. The van der Waals surface area contributed by atoms with Gasteiger partial charge in [-0.3, -0.25) is 19.9 Å². The molecule has 3 aromatic rings. The first-order valence-corrected chi connectivity index (χ1v) is 11.0. The highest BCUT2D eigenvalue weighted by atomic mass is 35.5. The maximum atomic E-state index is 13.1. The first-order valence-electron chi connectivity index (χ1n) is 9.82. The number of Topliss-reactive ketones (excluding diaryl/α,β-unsaturated/α-hetero) is 1. The van der Waals surface area contributed by atoms with E-state index in [1.807, 2.05) is 6.92 Å². The van der Waals surface area contributed by atoms with Gasteiger partial charge in [-0.15, -0.1) is 10.2 Å². The Kier molecular flexibility index (Phi) is 6.24. The lowest BCUT2D eigenvalue weighted by molar-refractivity contribution is 0.0921. The Balaban J connectivity index is 1.62. The van der Waals surface area contributed by atoms with Crippen molar-refractivity contribution >= 4 is 39.8 Å². The molecule has 4 rings (SSSR count). The van der Waals surface area contributed by atoms with Gasteiger partial charge in [0.15, 0.2) is 10.8 Å². The van der Waals surface area contributed by atoms with Gasteiger partial charge in [-0.1, -0.05) is 35.8 Å². The van der Waals surface area contributed by atoms with Gasteiger partial charge in [-0.25, -0.2) is 4.98 Å². The van der Waals surface area contributed by atoms with E-state index in [-0.39, 0.29) is 22.0 Å². The number of hydrogen-bond donors (Lipinski definition) is 1. The maximum absolute atomic E-state index is 13.1. The summed E-state index contributed by atoms with van der Waals surface area (Å²) in [4.78, 5) is 33.9. The number of aromatic nitrogens is 4. The number of nitrogens with zero attached hydrogens (tertiary/aromatic N) is 4. The Morgan fingerprint density at radius 2 is 1.90 bits per heavy atom. The molecule has 1 N–H and O–H groups in total. The van der Waals surface area contributed by atoms with Crippen molar-refractivity contribution in [3.8, 4) is 16.9 Å². The fraction of sp³-hybridized carbons (Fsp3) is 0.333. The maximum Gasteiger partial charge on any atom is 0.259 e. The normalized spacial score (nSPS) is 13.9. The number of hydrogen-bond acceptors (Lipinski definition) is 8. The average Bonchev–Trinajstić information content (AvgIpc) is 3.45. The zero-order valence-corrected chi connectivity index (χ0v) is 18.6. The molecular formula is C21H20ClN5O3S. The second-order valence-corrected chi connectivity index (χ2v) is 8.66. The molecule has 3 aromatic heterocycles. The minimum absolute atomic E-state index is 0.00403. The fourth-order valence-electron chi connectivity index (χ4n) is 3.65. The predicted molar refractivity (Wildman–Crippen MR) is 118 cm³/mol. The van der Waals surface area contributed by atoms with Crippen LogP contribution in [0.3, 0.4) is 0 Å². The Hall–Kier alpha value is -2.91. The van der Waals surface area contributed by atoms with E-state index < -0.39 is 5.91 Å². The Morgan fingerprint density at radius 3 is 2.65 bits per heavy atom. The van der Waals surface area contributed by atoms with Gasteiger partial charge in [0.05, 0.1) is 18.9 Å². The van der Waals surface area contributed by atoms with Gasteiger partial charge >= 0.3 is 0 Å². The third-order valence-electron chi connectivity index (χ3n) is 5.21. The molecule has 0 radical (unpaired) electrons. The number of anilines is 1. The summed E-state index contributed by atoms with van der Waals surface area (Å²) in [5.41, 5.74) is 2.25. The van der Waals surface area contributed by atoms with Crippen molar-refractivity contribution in [2.45, 2.75) is 32.6 Å². The van der Waals surface area contributed by atoms with Crippen LogP contribution in [0.1, 0.15) is 51.5 Å². The van der Waals surface area contributed by atoms with Crippen molar-refractivity contribution in [2.24, 2.45) is 5.92 Å². The van der Waals surface area contributed by atoms with E-state index in [0.29, 0.717) is 27.4 Å². The van der Waals surface area contributed by atoms with Gasteiger partial charge in [0, 0.05) is 28.9 Å². The molecule has 3 heterocycles. The molecule has 10 heteroatoms. The largest absolute Gasteiger partial charge is 0.494 e. The van der Waals surface area contributed by atoms with Crippen LogP contribution in [0.5, 0.6) is 5.75 Å². The number of ketones is 1. The van der Waals surface area contributed by atoms with Crippen molar-refractivity contribution < 1.29 is 14.3 Å². The molecule has 1 aliphatic carbocycles. The number of pyridine rings is 2. The van der Waals surface area contributed by atoms with E-state index in [1.54, 1.807) is 12.1 Å². The second kappa shape index (κ2) is 9.07. The van der Waals surface area contributed by atoms with Crippen molar-refractivity contribution in [3.63, 3.8) is 0 Å². The Bertz CT molecular complexity index is 1140. The number of ether oxygens (including phenoxy) is 1. The standard InChI is InChI=1S/C21H20ClN5O3S/c1-11-7-13(14-8-17(22)24-10-16(14)30-2)15(9-23-11)19(29)25-21-27-26-20(31-21)18(28)12-5-3-4-6-12/h7-10,12H,3-6H2,1-2H3,(H,25,27,29). The highest BCUT2D eigenvalue weighted by Crippen LogP contribution is 2.34. The van der Waals surface area contributed by atoms with Crippen LogP contribution < -0.4 is 10.1 Å². The molecule has 8 nitrogen and oxygen atoms in total. The molecule has 1 aliphatic rings. The SMILES string of the molecule is COc1cnc(Cl)cc1-c1cc(C)ncc1C(=O)Nc1nnc(C(=O)C2CCCC2)s1. The number of amides is 1. The predicted octanol–water partition coefficient (Wildman–Crippen LogP) is 4.59. The number of nitrogens with one attached hydrogen (secondary N) is 1. The molecule has 0 atom stereocenters. The van der Waals surface area contributed by atoms with Crippen molar-refractivity contribution in [1.82, 2.24) is 20.2 Å². The second-order valence-electron chi connectivity index (χ2n) is 7.29. The lowest BCUT2D eigenvalue weighted by atomic mass is 10.0. The molecule has 0 aromatic carbocycles. The van der Waals surface area contributed by atoms with Gasteiger partial charge in [-0.2, -0.15) is 0 Å². The van der Waals surface area contributed by atoms with Gasteiger partial charge in [-0.05, 0) is 31.9 Å². The zero-order valence-electron chi connectivity index (χ0n) is 17.0. The summed E-state index contributed by atoms with van der Waals surface area (Å²) in [6.07, 6.45) is 6.87. The van der Waals surface area contributed by atoms with Gasteiger partial charge in [0.25, 0.3) is 5.91 Å². The van der Waals surface area contributed by atoms with E-state index >= 15 is 0 Å². The Labute approximate surface area is 188 Å². The molecular weight excluding hydrogens is 438 g/mol. The van der Waals surface area contributed by atoms with Crippen LogP contribution in [0, 0.1) is 12.8 Å². The molecule has 160 valence electrons. The minimum Gasteiger partial charge on any atom is -0.494 e. The van der Waals surface area contributed by atoms with E-state index in [4.69, 9.17) is 16.3 Å². The number of carbonyl (C=O) groups excluding carboxylic acids is 2. The van der Waals surface area contributed by atoms with E-state index in [0.717, 1.165) is 42.7 Å². The molecule has 0 aliphatic heterocycles. The smallest absolute Gasteiger partial charge is 0.259 e.